The summed E-state index contributed by atoms with van der Waals surface area (Å²) >= 11 is 12.1. The van der Waals surface area contributed by atoms with Gasteiger partial charge in [-0.25, -0.2) is 8.42 Å². The number of carbonyl (C=O) groups excluding carboxylic acids is 1. The molecule has 1 aliphatic rings. The monoisotopic (exact) mass is 472 g/mol. The second kappa shape index (κ2) is 9.43. The minimum absolute atomic E-state index is 0.0610. The highest BCUT2D eigenvalue weighted by Gasteiger charge is 2.34. The number of halogens is 2. The molecule has 7 nitrogen and oxygen atoms in total. The number of carbonyl (C=O) groups is 1. The normalized spacial score (nSPS) is 17.4. The summed E-state index contributed by atoms with van der Waals surface area (Å²) in [6.07, 6.45) is 1.14. The molecule has 0 bridgehead atoms. The lowest BCUT2D eigenvalue weighted by Gasteiger charge is -2.31. The van der Waals surface area contributed by atoms with Crippen LogP contribution in [0.4, 0.5) is 5.69 Å². The van der Waals surface area contributed by atoms with Crippen molar-refractivity contribution in [2.24, 2.45) is 5.92 Å². The lowest BCUT2D eigenvalue weighted by molar-refractivity contribution is -0.120. The molecule has 0 aliphatic carbocycles. The van der Waals surface area contributed by atoms with Crippen molar-refractivity contribution in [1.29, 1.82) is 0 Å². The summed E-state index contributed by atoms with van der Waals surface area (Å²) in [6, 6.07) is 9.22. The Labute approximate surface area is 185 Å². The van der Waals surface area contributed by atoms with Gasteiger partial charge in [0.15, 0.2) is 0 Å². The highest BCUT2D eigenvalue weighted by atomic mass is 35.5. The molecule has 1 saturated heterocycles. The number of nitrogens with one attached hydrogen (secondary N) is 1. The van der Waals surface area contributed by atoms with E-state index in [2.05, 4.69) is 5.32 Å². The Kier molecular flexibility index (Phi) is 7.13. The van der Waals surface area contributed by atoms with Crippen molar-refractivity contribution in [3.05, 3.63) is 46.4 Å². The average molecular weight is 473 g/mol. The zero-order valence-electron chi connectivity index (χ0n) is 16.5. The van der Waals surface area contributed by atoms with Gasteiger partial charge < -0.3 is 14.8 Å². The van der Waals surface area contributed by atoms with Crippen molar-refractivity contribution >= 4 is 44.8 Å². The maximum Gasteiger partial charge on any atom is 0.243 e. The quantitative estimate of drug-likeness (QED) is 0.685. The van der Waals surface area contributed by atoms with Gasteiger partial charge in [0.2, 0.25) is 15.9 Å². The molecule has 1 amide bonds. The second-order valence-corrected chi connectivity index (χ2v) is 9.61. The maximum absolute atomic E-state index is 13.1. The number of rotatable bonds is 6. The van der Waals surface area contributed by atoms with Crippen LogP contribution < -0.4 is 14.8 Å². The molecule has 0 aromatic heterocycles. The molecule has 2 aromatic carbocycles. The van der Waals surface area contributed by atoms with E-state index in [1.54, 1.807) is 18.2 Å². The Bertz CT molecular complexity index is 1050. The summed E-state index contributed by atoms with van der Waals surface area (Å²) in [4.78, 5) is 12.9. The van der Waals surface area contributed by atoms with Gasteiger partial charge in [-0.15, -0.1) is 0 Å². The SMILES string of the molecule is COc1ccc(S(=O)(=O)N2CCCC(C(=O)Nc3cc(Cl)ccc3OC)C2)cc1Cl. The summed E-state index contributed by atoms with van der Waals surface area (Å²) in [5.74, 6) is 0.0667. The molecule has 1 fully saturated rings. The average Bonchev–Trinajstić information content (AvgIpc) is 2.74. The van der Waals surface area contributed by atoms with Gasteiger partial charge in [0.25, 0.3) is 0 Å². The summed E-state index contributed by atoms with van der Waals surface area (Å²) in [5, 5.41) is 3.46. The fourth-order valence-electron chi connectivity index (χ4n) is 3.34. The molecule has 0 radical (unpaired) electrons. The molecule has 0 saturated carbocycles. The maximum atomic E-state index is 13.1. The van der Waals surface area contributed by atoms with Gasteiger partial charge in [-0.1, -0.05) is 23.2 Å². The van der Waals surface area contributed by atoms with Crippen molar-refractivity contribution in [3.8, 4) is 11.5 Å². The van der Waals surface area contributed by atoms with Gasteiger partial charge >= 0.3 is 0 Å². The number of hydrogen-bond acceptors (Lipinski definition) is 5. The fourth-order valence-corrected chi connectivity index (χ4v) is 5.39. The van der Waals surface area contributed by atoms with Crippen LogP contribution in [-0.4, -0.2) is 45.9 Å². The number of ether oxygens (including phenoxy) is 2. The third kappa shape index (κ3) is 4.83. The van der Waals surface area contributed by atoms with Crippen LogP contribution in [0.15, 0.2) is 41.3 Å². The van der Waals surface area contributed by atoms with Crippen molar-refractivity contribution in [2.75, 3.05) is 32.6 Å². The first-order valence-electron chi connectivity index (χ1n) is 9.24. The molecule has 1 unspecified atom stereocenters. The third-order valence-electron chi connectivity index (χ3n) is 4.94. The highest BCUT2D eigenvalue weighted by Crippen LogP contribution is 2.32. The van der Waals surface area contributed by atoms with E-state index < -0.39 is 15.9 Å². The lowest BCUT2D eigenvalue weighted by Crippen LogP contribution is -2.43. The Hall–Kier alpha value is -2.00. The van der Waals surface area contributed by atoms with Crippen LogP contribution in [0, 0.1) is 5.92 Å². The Balaban J connectivity index is 1.77. The van der Waals surface area contributed by atoms with Crippen LogP contribution >= 0.6 is 23.2 Å². The van der Waals surface area contributed by atoms with E-state index in [0.717, 1.165) is 0 Å². The first kappa shape index (κ1) is 22.7. The van der Waals surface area contributed by atoms with Crippen molar-refractivity contribution in [2.45, 2.75) is 17.7 Å². The molecular formula is C20H22Cl2N2O5S. The molecular weight excluding hydrogens is 451 g/mol. The molecule has 162 valence electrons. The summed E-state index contributed by atoms with van der Waals surface area (Å²) in [5.41, 5.74) is 0.442. The highest BCUT2D eigenvalue weighted by molar-refractivity contribution is 7.89. The minimum atomic E-state index is -3.80. The van der Waals surface area contributed by atoms with E-state index in [1.807, 2.05) is 0 Å². The van der Waals surface area contributed by atoms with Crippen LogP contribution in [0.2, 0.25) is 10.0 Å². The van der Waals surface area contributed by atoms with Crippen LogP contribution in [0.3, 0.4) is 0 Å². The van der Waals surface area contributed by atoms with E-state index in [0.29, 0.717) is 41.6 Å². The number of piperidine rings is 1. The Morgan fingerprint density at radius 1 is 1.10 bits per heavy atom. The smallest absolute Gasteiger partial charge is 0.243 e. The molecule has 2 aromatic rings. The number of anilines is 1. The van der Waals surface area contributed by atoms with Gasteiger partial charge in [-0.2, -0.15) is 4.31 Å². The topological polar surface area (TPSA) is 84.9 Å². The lowest BCUT2D eigenvalue weighted by atomic mass is 9.98. The zero-order chi connectivity index (χ0) is 21.9. The van der Waals surface area contributed by atoms with Crippen LogP contribution in [0.5, 0.6) is 11.5 Å². The molecule has 1 atom stereocenters. The van der Waals surface area contributed by atoms with Gasteiger partial charge in [0.05, 0.1) is 35.7 Å². The number of amides is 1. The number of benzene rings is 2. The standard InChI is InChI=1S/C20H22Cl2N2O5S/c1-28-18-8-6-15(11-16(18)22)30(26,27)24-9-3-4-13(12-24)20(25)23-17-10-14(21)5-7-19(17)29-2/h5-8,10-11,13H,3-4,9,12H2,1-2H3,(H,23,25). The predicted octanol–water partition coefficient (Wildman–Crippen LogP) is 4.05. The Morgan fingerprint density at radius 3 is 2.47 bits per heavy atom. The van der Waals surface area contributed by atoms with E-state index in [9.17, 15) is 13.2 Å². The zero-order valence-corrected chi connectivity index (χ0v) is 18.9. The molecule has 10 heteroatoms. The van der Waals surface area contributed by atoms with Crippen molar-refractivity contribution in [1.82, 2.24) is 4.31 Å². The predicted molar refractivity (Wildman–Crippen MR) is 116 cm³/mol. The van der Waals surface area contributed by atoms with Crippen molar-refractivity contribution in [3.63, 3.8) is 0 Å². The van der Waals surface area contributed by atoms with Gasteiger partial charge in [-0.05, 0) is 49.2 Å². The first-order chi connectivity index (χ1) is 14.3. The van der Waals surface area contributed by atoms with Gasteiger partial charge in [-0.3, -0.25) is 4.79 Å². The molecule has 1 heterocycles. The number of methoxy groups -OCH3 is 2. The van der Waals surface area contributed by atoms with E-state index in [-0.39, 0.29) is 22.4 Å². The van der Waals surface area contributed by atoms with Crippen molar-refractivity contribution < 1.29 is 22.7 Å². The summed E-state index contributed by atoms with van der Waals surface area (Å²) in [6.45, 7) is 0.400. The van der Waals surface area contributed by atoms with Gasteiger partial charge in [0.1, 0.15) is 11.5 Å². The number of nitrogens with zero attached hydrogens (tertiary/aromatic N) is 1. The Morgan fingerprint density at radius 2 is 1.80 bits per heavy atom. The van der Waals surface area contributed by atoms with Crippen LogP contribution in [0.25, 0.3) is 0 Å². The molecule has 0 spiro atoms. The molecule has 3 rings (SSSR count). The number of hydrogen-bond donors (Lipinski definition) is 1. The van der Waals surface area contributed by atoms with E-state index >= 15 is 0 Å². The largest absolute Gasteiger partial charge is 0.495 e. The second-order valence-electron chi connectivity index (χ2n) is 6.83. The van der Waals surface area contributed by atoms with Crippen LogP contribution in [-0.2, 0) is 14.8 Å². The van der Waals surface area contributed by atoms with Crippen LogP contribution in [0.1, 0.15) is 12.8 Å². The molecule has 30 heavy (non-hydrogen) atoms. The minimum Gasteiger partial charge on any atom is -0.495 e. The number of sulfonamides is 1. The fraction of sp³-hybridized carbons (Fsp3) is 0.350. The van der Waals surface area contributed by atoms with E-state index in [4.69, 9.17) is 32.7 Å². The summed E-state index contributed by atoms with van der Waals surface area (Å²) < 4.78 is 37.8. The molecule has 1 N–H and O–H groups in total. The van der Waals surface area contributed by atoms with E-state index in [1.165, 1.54) is 36.7 Å². The third-order valence-corrected chi connectivity index (χ3v) is 7.33. The first-order valence-corrected chi connectivity index (χ1v) is 11.4. The molecule has 1 aliphatic heterocycles. The van der Waals surface area contributed by atoms with Gasteiger partial charge in [0, 0.05) is 18.1 Å². The summed E-state index contributed by atoms with van der Waals surface area (Å²) in [7, 11) is -0.850.